The number of hydrogen-bond acceptors (Lipinski definition) is 3. The number of sulfonamides is 1. The molecule has 0 saturated carbocycles. The van der Waals surface area contributed by atoms with Gasteiger partial charge in [0.15, 0.2) is 0 Å². The van der Waals surface area contributed by atoms with Gasteiger partial charge in [0, 0.05) is 17.9 Å². The van der Waals surface area contributed by atoms with E-state index in [0.717, 1.165) is 22.5 Å². The lowest BCUT2D eigenvalue weighted by Gasteiger charge is -2.12. The van der Waals surface area contributed by atoms with E-state index in [1.807, 2.05) is 26.8 Å². The Bertz CT molecular complexity index is 807. The molecule has 0 unspecified atom stereocenters. The number of nitrogens with one attached hydrogen (secondary N) is 2. The molecule has 2 N–H and O–H groups in total. The van der Waals surface area contributed by atoms with Crippen LogP contribution in [0.3, 0.4) is 0 Å². The van der Waals surface area contributed by atoms with Crippen LogP contribution in [0.2, 0.25) is 0 Å². The molecule has 1 heterocycles. The Morgan fingerprint density at radius 2 is 1.78 bits per heavy atom. The first-order valence-corrected chi connectivity index (χ1v) is 9.03. The molecule has 0 radical (unpaired) electrons. The van der Waals surface area contributed by atoms with Gasteiger partial charge in [-0.1, -0.05) is 0 Å². The van der Waals surface area contributed by atoms with Crippen molar-refractivity contribution in [1.29, 1.82) is 0 Å². The third-order valence-electron chi connectivity index (χ3n) is 3.93. The van der Waals surface area contributed by atoms with Gasteiger partial charge in [-0.3, -0.25) is 0 Å². The van der Waals surface area contributed by atoms with Crippen molar-refractivity contribution < 1.29 is 13.2 Å². The summed E-state index contributed by atoms with van der Waals surface area (Å²) in [4.78, 5) is 3.53. The molecule has 1 aromatic heterocycles. The lowest BCUT2D eigenvalue weighted by molar-refractivity contribution is 0.411. The SMILES string of the molecule is COc1cc(C)c(S(=O)(=O)NCCc2cc(C)[nH]c2C)cc1C. The van der Waals surface area contributed by atoms with Crippen molar-refractivity contribution in [3.05, 3.63) is 46.3 Å². The fourth-order valence-electron chi connectivity index (χ4n) is 2.71. The van der Waals surface area contributed by atoms with E-state index in [2.05, 4.69) is 9.71 Å². The first-order chi connectivity index (χ1) is 10.7. The van der Waals surface area contributed by atoms with Crippen molar-refractivity contribution in [2.24, 2.45) is 0 Å². The zero-order chi connectivity index (χ0) is 17.2. The summed E-state index contributed by atoms with van der Waals surface area (Å²) in [5.74, 6) is 0.694. The maximum absolute atomic E-state index is 12.5. The van der Waals surface area contributed by atoms with Crippen molar-refractivity contribution in [2.75, 3.05) is 13.7 Å². The van der Waals surface area contributed by atoms with E-state index in [-0.39, 0.29) is 0 Å². The van der Waals surface area contributed by atoms with Gasteiger partial charge < -0.3 is 9.72 Å². The number of hydrogen-bond donors (Lipinski definition) is 2. The molecule has 0 saturated heterocycles. The number of ether oxygens (including phenoxy) is 1. The molecule has 1 aromatic carbocycles. The van der Waals surface area contributed by atoms with Gasteiger partial charge in [0.2, 0.25) is 10.0 Å². The molecular formula is C17H24N2O3S. The lowest BCUT2D eigenvalue weighted by Crippen LogP contribution is -2.26. The highest BCUT2D eigenvalue weighted by Gasteiger charge is 2.18. The predicted octanol–water partition coefficient (Wildman–Crippen LogP) is 2.78. The largest absolute Gasteiger partial charge is 0.496 e. The second-order valence-electron chi connectivity index (χ2n) is 5.84. The Morgan fingerprint density at radius 1 is 1.09 bits per heavy atom. The number of aryl methyl sites for hydroxylation is 4. The van der Waals surface area contributed by atoms with E-state index in [0.29, 0.717) is 29.2 Å². The molecule has 0 atom stereocenters. The topological polar surface area (TPSA) is 71.2 Å². The van der Waals surface area contributed by atoms with Crippen LogP contribution in [0.5, 0.6) is 5.75 Å². The number of benzene rings is 1. The summed E-state index contributed by atoms with van der Waals surface area (Å²) in [6.45, 7) is 7.96. The van der Waals surface area contributed by atoms with Crippen LogP contribution in [0, 0.1) is 27.7 Å². The van der Waals surface area contributed by atoms with Gasteiger partial charge in [-0.2, -0.15) is 0 Å². The summed E-state index contributed by atoms with van der Waals surface area (Å²) < 4.78 is 33.0. The van der Waals surface area contributed by atoms with E-state index < -0.39 is 10.0 Å². The molecular weight excluding hydrogens is 312 g/mol. The van der Waals surface area contributed by atoms with Crippen LogP contribution in [0.1, 0.15) is 28.1 Å². The molecule has 0 spiro atoms. The monoisotopic (exact) mass is 336 g/mol. The number of methoxy groups -OCH3 is 1. The maximum Gasteiger partial charge on any atom is 0.240 e. The number of rotatable bonds is 6. The number of H-pyrrole nitrogens is 1. The lowest BCUT2D eigenvalue weighted by atomic mass is 10.1. The molecule has 0 aliphatic carbocycles. The fourth-order valence-corrected chi connectivity index (χ4v) is 4.05. The van der Waals surface area contributed by atoms with Gasteiger partial charge in [-0.25, -0.2) is 13.1 Å². The Kier molecular flexibility index (Phi) is 5.16. The highest BCUT2D eigenvalue weighted by atomic mass is 32.2. The third-order valence-corrected chi connectivity index (χ3v) is 5.53. The minimum atomic E-state index is -3.53. The molecule has 0 fully saturated rings. The summed E-state index contributed by atoms with van der Waals surface area (Å²) in [5, 5.41) is 0. The number of aromatic nitrogens is 1. The minimum absolute atomic E-state index is 0.303. The average molecular weight is 336 g/mol. The molecule has 126 valence electrons. The van der Waals surface area contributed by atoms with Crippen molar-refractivity contribution in [3.63, 3.8) is 0 Å². The molecule has 0 bridgehead atoms. The molecule has 2 aromatic rings. The highest BCUT2D eigenvalue weighted by molar-refractivity contribution is 7.89. The van der Waals surface area contributed by atoms with Crippen LogP contribution >= 0.6 is 0 Å². The predicted molar refractivity (Wildman–Crippen MR) is 91.6 cm³/mol. The Hall–Kier alpha value is -1.79. The zero-order valence-electron chi connectivity index (χ0n) is 14.3. The smallest absolute Gasteiger partial charge is 0.240 e. The molecule has 23 heavy (non-hydrogen) atoms. The van der Waals surface area contributed by atoms with E-state index in [4.69, 9.17) is 4.74 Å². The van der Waals surface area contributed by atoms with E-state index in [1.54, 1.807) is 26.2 Å². The molecule has 0 aliphatic rings. The molecule has 0 aliphatic heterocycles. The van der Waals surface area contributed by atoms with Crippen LogP contribution in [-0.4, -0.2) is 27.1 Å². The van der Waals surface area contributed by atoms with Gasteiger partial charge in [0.1, 0.15) is 5.75 Å². The second kappa shape index (κ2) is 6.76. The molecule has 5 nitrogen and oxygen atoms in total. The van der Waals surface area contributed by atoms with E-state index >= 15 is 0 Å². The van der Waals surface area contributed by atoms with Gasteiger partial charge >= 0.3 is 0 Å². The van der Waals surface area contributed by atoms with Crippen LogP contribution < -0.4 is 9.46 Å². The summed E-state index contributed by atoms with van der Waals surface area (Å²) in [6.07, 6.45) is 0.656. The first kappa shape index (κ1) is 17.6. The maximum atomic E-state index is 12.5. The number of aromatic amines is 1. The Morgan fingerprint density at radius 3 is 2.35 bits per heavy atom. The van der Waals surface area contributed by atoms with Crippen LogP contribution in [0.15, 0.2) is 23.1 Å². The first-order valence-electron chi connectivity index (χ1n) is 7.54. The van der Waals surface area contributed by atoms with E-state index in [1.165, 1.54) is 0 Å². The van der Waals surface area contributed by atoms with Gasteiger partial charge in [-0.15, -0.1) is 0 Å². The molecule has 6 heteroatoms. The standard InChI is InChI=1S/C17H24N2O3S/c1-11-9-17(12(2)8-16(11)22-5)23(20,21)18-7-6-15-10-13(3)19-14(15)4/h8-10,18-19H,6-7H2,1-5H3. The van der Waals surface area contributed by atoms with Crippen LogP contribution in [-0.2, 0) is 16.4 Å². The van der Waals surface area contributed by atoms with Gasteiger partial charge in [-0.05, 0) is 69.0 Å². The summed E-state index contributed by atoms with van der Waals surface area (Å²) in [5.41, 5.74) is 4.78. The molecule has 0 amide bonds. The summed E-state index contributed by atoms with van der Waals surface area (Å²) >= 11 is 0. The van der Waals surface area contributed by atoms with Gasteiger partial charge in [0.25, 0.3) is 0 Å². The summed E-state index contributed by atoms with van der Waals surface area (Å²) in [6, 6.07) is 5.46. The molecule has 2 rings (SSSR count). The highest BCUT2D eigenvalue weighted by Crippen LogP contribution is 2.25. The second-order valence-corrected chi connectivity index (χ2v) is 7.57. The van der Waals surface area contributed by atoms with Gasteiger partial charge in [0.05, 0.1) is 12.0 Å². The Balaban J connectivity index is 2.13. The van der Waals surface area contributed by atoms with Crippen LogP contribution in [0.25, 0.3) is 0 Å². The van der Waals surface area contributed by atoms with E-state index in [9.17, 15) is 8.42 Å². The summed E-state index contributed by atoms with van der Waals surface area (Å²) in [7, 11) is -1.95. The van der Waals surface area contributed by atoms with Crippen molar-refractivity contribution in [3.8, 4) is 5.75 Å². The Labute approximate surface area is 138 Å². The average Bonchev–Trinajstić information content (AvgIpc) is 2.78. The zero-order valence-corrected chi connectivity index (χ0v) is 15.1. The van der Waals surface area contributed by atoms with Crippen molar-refractivity contribution >= 4 is 10.0 Å². The van der Waals surface area contributed by atoms with Crippen LogP contribution in [0.4, 0.5) is 0 Å². The quantitative estimate of drug-likeness (QED) is 0.852. The van der Waals surface area contributed by atoms with Crippen molar-refractivity contribution in [1.82, 2.24) is 9.71 Å². The normalized spacial score (nSPS) is 11.7. The third kappa shape index (κ3) is 3.95. The minimum Gasteiger partial charge on any atom is -0.496 e. The fraction of sp³-hybridized carbons (Fsp3) is 0.412. The van der Waals surface area contributed by atoms with Crippen molar-refractivity contribution in [2.45, 2.75) is 39.0 Å².